The molecule has 0 aliphatic heterocycles. The van der Waals surface area contributed by atoms with Crippen LogP contribution in [0.1, 0.15) is 29.6 Å². The minimum atomic E-state index is 0.132. The number of Topliss-reactive ketones (excluding diaryl/α,β-unsaturated/α-hetero) is 1. The Hall–Kier alpha value is -2.12. The van der Waals surface area contributed by atoms with E-state index in [1.54, 1.807) is 6.20 Å². The van der Waals surface area contributed by atoms with Gasteiger partial charge in [0.2, 0.25) is 0 Å². The molecule has 3 rings (SSSR count). The van der Waals surface area contributed by atoms with E-state index in [1.807, 2.05) is 24.3 Å². The number of ketones is 1. The fraction of sp³-hybridized carbons (Fsp3) is 0.375. The van der Waals surface area contributed by atoms with Crippen LogP contribution in [0.2, 0.25) is 0 Å². The number of carbonyl (C=O) groups excluding carboxylic acids is 1. The van der Waals surface area contributed by atoms with Gasteiger partial charge in [-0.15, -0.1) is 0 Å². The monoisotopic (exact) mass is 267 g/mol. The number of para-hydroxylation sites is 1. The average molecular weight is 267 g/mol. The summed E-state index contributed by atoms with van der Waals surface area (Å²) in [7, 11) is 0. The van der Waals surface area contributed by atoms with Crippen molar-refractivity contribution in [2.75, 3.05) is 13.1 Å². The molecule has 0 saturated heterocycles. The lowest BCUT2D eigenvalue weighted by molar-refractivity contribution is 0.0928. The molecule has 1 heterocycles. The van der Waals surface area contributed by atoms with Crippen LogP contribution >= 0.6 is 0 Å². The van der Waals surface area contributed by atoms with Crippen LogP contribution in [-0.4, -0.2) is 34.8 Å². The molecule has 20 heavy (non-hydrogen) atoms. The van der Waals surface area contributed by atoms with E-state index in [0.29, 0.717) is 25.6 Å². The Balaban J connectivity index is 1.76. The normalized spacial score (nSPS) is 14.6. The molecule has 0 atom stereocenters. The summed E-state index contributed by atoms with van der Waals surface area (Å²) >= 11 is 0. The first-order chi connectivity index (χ1) is 9.79. The maximum absolute atomic E-state index is 12.5. The van der Waals surface area contributed by atoms with Gasteiger partial charge in [0.1, 0.15) is 0 Å². The van der Waals surface area contributed by atoms with Crippen LogP contribution in [0.3, 0.4) is 0 Å². The lowest BCUT2D eigenvalue weighted by Gasteiger charge is -2.19. The largest absolute Gasteiger partial charge is 0.360 e. The molecule has 0 amide bonds. The number of nitrogens with zero attached hydrogens (tertiary/aromatic N) is 2. The van der Waals surface area contributed by atoms with Crippen molar-refractivity contribution >= 4 is 16.7 Å². The predicted molar refractivity (Wildman–Crippen MR) is 77.5 cm³/mol. The third kappa shape index (κ3) is 2.59. The Morgan fingerprint density at radius 3 is 2.95 bits per heavy atom. The molecule has 0 unspecified atom stereocenters. The fourth-order valence-electron chi connectivity index (χ4n) is 2.60. The number of hydrogen-bond acceptors (Lipinski definition) is 3. The molecule has 0 spiro atoms. The number of fused-ring (bicyclic) bond motifs is 1. The van der Waals surface area contributed by atoms with Crippen LogP contribution in [0, 0.1) is 11.3 Å². The molecule has 1 saturated carbocycles. The zero-order chi connectivity index (χ0) is 13.9. The number of nitriles is 1. The van der Waals surface area contributed by atoms with Crippen molar-refractivity contribution in [1.29, 1.82) is 5.26 Å². The molecule has 0 radical (unpaired) electrons. The molecular formula is C16H17N3O. The number of H-pyrrole nitrogens is 1. The fourth-order valence-corrected chi connectivity index (χ4v) is 2.60. The van der Waals surface area contributed by atoms with Crippen LogP contribution in [0.5, 0.6) is 0 Å². The molecular weight excluding hydrogens is 250 g/mol. The summed E-state index contributed by atoms with van der Waals surface area (Å²) in [5.74, 6) is 0.132. The molecule has 4 nitrogen and oxygen atoms in total. The van der Waals surface area contributed by atoms with E-state index in [4.69, 9.17) is 5.26 Å². The van der Waals surface area contributed by atoms with Crippen molar-refractivity contribution in [1.82, 2.24) is 9.88 Å². The highest BCUT2D eigenvalue weighted by Crippen LogP contribution is 2.27. The van der Waals surface area contributed by atoms with Crippen LogP contribution in [0.25, 0.3) is 10.9 Å². The molecule has 0 bridgehead atoms. The average Bonchev–Trinajstić information content (AvgIpc) is 3.22. The molecule has 102 valence electrons. The molecule has 1 aromatic carbocycles. The SMILES string of the molecule is N#CCCN(CC(=O)c1c[nH]c2ccccc12)C1CC1. The van der Waals surface area contributed by atoms with Crippen molar-refractivity contribution in [3.8, 4) is 6.07 Å². The maximum Gasteiger partial charge on any atom is 0.178 e. The Labute approximate surface area is 118 Å². The molecule has 1 aliphatic carbocycles. The van der Waals surface area contributed by atoms with E-state index >= 15 is 0 Å². The second-order valence-electron chi connectivity index (χ2n) is 5.28. The second kappa shape index (κ2) is 5.48. The highest BCUT2D eigenvalue weighted by atomic mass is 16.1. The van der Waals surface area contributed by atoms with Crippen LogP contribution < -0.4 is 0 Å². The van der Waals surface area contributed by atoms with Gasteiger partial charge in [0.15, 0.2) is 5.78 Å². The summed E-state index contributed by atoms with van der Waals surface area (Å²) in [5, 5.41) is 9.69. The van der Waals surface area contributed by atoms with Crippen molar-refractivity contribution in [3.05, 3.63) is 36.0 Å². The first-order valence-electron chi connectivity index (χ1n) is 7.00. The predicted octanol–water partition coefficient (Wildman–Crippen LogP) is 2.73. The van der Waals surface area contributed by atoms with Gasteiger partial charge in [-0.25, -0.2) is 0 Å². The van der Waals surface area contributed by atoms with Gasteiger partial charge in [-0.2, -0.15) is 5.26 Å². The standard InChI is InChI=1S/C16H17N3O/c17-8-3-9-19(12-6-7-12)11-16(20)14-10-18-15-5-2-1-4-13(14)15/h1-2,4-5,10,12,18H,3,6-7,9,11H2. The first-order valence-corrected chi connectivity index (χ1v) is 7.00. The molecule has 1 aromatic heterocycles. The zero-order valence-corrected chi connectivity index (χ0v) is 11.3. The smallest absolute Gasteiger partial charge is 0.178 e. The van der Waals surface area contributed by atoms with Gasteiger partial charge in [-0.1, -0.05) is 18.2 Å². The lowest BCUT2D eigenvalue weighted by atomic mass is 10.1. The summed E-state index contributed by atoms with van der Waals surface area (Å²) < 4.78 is 0. The summed E-state index contributed by atoms with van der Waals surface area (Å²) in [5.41, 5.74) is 1.74. The van der Waals surface area contributed by atoms with E-state index in [2.05, 4.69) is 16.0 Å². The summed E-state index contributed by atoms with van der Waals surface area (Å²) in [4.78, 5) is 17.8. The first kappa shape index (κ1) is 12.9. The molecule has 1 N–H and O–H groups in total. The minimum absolute atomic E-state index is 0.132. The summed E-state index contributed by atoms with van der Waals surface area (Å²) in [6, 6.07) is 10.5. The third-order valence-electron chi connectivity index (χ3n) is 3.81. The quantitative estimate of drug-likeness (QED) is 0.819. The van der Waals surface area contributed by atoms with E-state index in [9.17, 15) is 4.79 Å². The number of benzene rings is 1. The number of aromatic nitrogens is 1. The van der Waals surface area contributed by atoms with Crippen LogP contribution in [-0.2, 0) is 0 Å². The van der Waals surface area contributed by atoms with Crippen molar-refractivity contribution < 1.29 is 4.79 Å². The number of carbonyl (C=O) groups is 1. The zero-order valence-electron chi connectivity index (χ0n) is 11.3. The Morgan fingerprint density at radius 1 is 1.40 bits per heavy atom. The number of aromatic amines is 1. The topological polar surface area (TPSA) is 59.9 Å². The molecule has 1 aliphatic rings. The number of nitrogens with one attached hydrogen (secondary N) is 1. The summed E-state index contributed by atoms with van der Waals surface area (Å²) in [6.07, 6.45) is 4.57. The lowest BCUT2D eigenvalue weighted by Crippen LogP contribution is -2.32. The van der Waals surface area contributed by atoms with E-state index < -0.39 is 0 Å². The third-order valence-corrected chi connectivity index (χ3v) is 3.81. The highest BCUT2D eigenvalue weighted by Gasteiger charge is 2.30. The Morgan fingerprint density at radius 2 is 2.20 bits per heavy atom. The maximum atomic E-state index is 12.5. The van der Waals surface area contributed by atoms with Gasteiger partial charge in [-0.3, -0.25) is 9.69 Å². The summed E-state index contributed by atoms with van der Waals surface area (Å²) in [6.45, 7) is 1.10. The van der Waals surface area contributed by atoms with Crippen LogP contribution in [0.4, 0.5) is 0 Å². The number of rotatable bonds is 6. The number of hydrogen-bond donors (Lipinski definition) is 1. The van der Waals surface area contributed by atoms with Crippen molar-refractivity contribution in [2.24, 2.45) is 0 Å². The van der Waals surface area contributed by atoms with Gasteiger partial charge in [0.05, 0.1) is 12.6 Å². The van der Waals surface area contributed by atoms with E-state index in [0.717, 1.165) is 29.3 Å². The second-order valence-corrected chi connectivity index (χ2v) is 5.28. The van der Waals surface area contributed by atoms with E-state index in [-0.39, 0.29) is 5.78 Å². The van der Waals surface area contributed by atoms with Gasteiger partial charge in [0.25, 0.3) is 0 Å². The Bertz CT molecular complexity index is 664. The minimum Gasteiger partial charge on any atom is -0.360 e. The van der Waals surface area contributed by atoms with Crippen LogP contribution in [0.15, 0.2) is 30.5 Å². The van der Waals surface area contributed by atoms with Gasteiger partial charge in [-0.05, 0) is 18.9 Å². The molecule has 2 aromatic rings. The van der Waals surface area contributed by atoms with E-state index in [1.165, 1.54) is 0 Å². The Kier molecular flexibility index (Phi) is 3.53. The highest BCUT2D eigenvalue weighted by molar-refractivity contribution is 6.08. The van der Waals surface area contributed by atoms with Gasteiger partial charge < -0.3 is 4.98 Å². The molecule has 4 heteroatoms. The van der Waals surface area contributed by atoms with Gasteiger partial charge in [0, 0.05) is 41.7 Å². The van der Waals surface area contributed by atoms with Crippen molar-refractivity contribution in [3.63, 3.8) is 0 Å². The van der Waals surface area contributed by atoms with Crippen molar-refractivity contribution in [2.45, 2.75) is 25.3 Å². The molecule has 1 fully saturated rings. The van der Waals surface area contributed by atoms with Gasteiger partial charge >= 0.3 is 0 Å².